The van der Waals surface area contributed by atoms with Crippen LogP contribution >= 0.6 is 28.1 Å². The molecule has 0 aliphatic carbocycles. The minimum Gasteiger partial charge on any atom is -0.493 e. The van der Waals surface area contributed by atoms with E-state index in [-0.39, 0.29) is 21.9 Å². The van der Waals surface area contributed by atoms with Crippen LogP contribution in [0.4, 0.5) is 28.9 Å². The van der Waals surface area contributed by atoms with Crippen LogP contribution in [0.1, 0.15) is 0 Å². The Balaban J connectivity index is 1.85. The van der Waals surface area contributed by atoms with Gasteiger partial charge in [-0.2, -0.15) is 0 Å². The van der Waals surface area contributed by atoms with Gasteiger partial charge in [-0.25, -0.2) is 4.39 Å². The van der Waals surface area contributed by atoms with Crippen molar-refractivity contribution < 1.29 is 27.4 Å². The van der Waals surface area contributed by atoms with E-state index in [0.29, 0.717) is 9.99 Å². The average molecular weight is 477 g/mol. The number of aromatic amines is 1. The first-order valence-electron chi connectivity index (χ1n) is 7.40. The third-order valence-corrected chi connectivity index (χ3v) is 4.05. The molecule has 0 spiro atoms. The van der Waals surface area contributed by atoms with Crippen molar-refractivity contribution in [1.82, 2.24) is 4.98 Å². The van der Waals surface area contributed by atoms with Gasteiger partial charge >= 0.3 is 6.36 Å². The first-order valence-corrected chi connectivity index (χ1v) is 8.61. The van der Waals surface area contributed by atoms with E-state index in [1.807, 2.05) is 0 Å². The van der Waals surface area contributed by atoms with Crippen LogP contribution in [0.5, 0.6) is 11.6 Å². The SMILES string of the molecule is Oc1[nH]c2ccc(OC(F)(F)F)cc2c1N=NC(=S)Nc1ccc(Br)cc1F. The Hall–Kier alpha value is -2.73. The van der Waals surface area contributed by atoms with Gasteiger partial charge in [0, 0.05) is 9.86 Å². The van der Waals surface area contributed by atoms with Crippen molar-refractivity contribution in [2.24, 2.45) is 10.2 Å². The summed E-state index contributed by atoms with van der Waals surface area (Å²) in [5, 5.41) is 19.8. The van der Waals surface area contributed by atoms with E-state index >= 15 is 0 Å². The normalized spacial score (nSPS) is 11.9. The molecule has 0 saturated carbocycles. The van der Waals surface area contributed by atoms with E-state index in [2.05, 4.69) is 41.2 Å². The van der Waals surface area contributed by atoms with Gasteiger partial charge in [0.2, 0.25) is 11.0 Å². The van der Waals surface area contributed by atoms with Gasteiger partial charge in [-0.15, -0.1) is 23.4 Å². The van der Waals surface area contributed by atoms with Gasteiger partial charge in [-0.05, 0) is 48.6 Å². The lowest BCUT2D eigenvalue weighted by Gasteiger charge is -2.08. The third-order valence-electron chi connectivity index (χ3n) is 3.37. The molecule has 0 radical (unpaired) electrons. The second-order valence-corrected chi connectivity index (χ2v) is 6.63. The van der Waals surface area contributed by atoms with Gasteiger partial charge in [0.1, 0.15) is 11.6 Å². The number of aromatic hydroxyl groups is 1. The number of azo groups is 1. The molecule has 28 heavy (non-hydrogen) atoms. The summed E-state index contributed by atoms with van der Waals surface area (Å²) >= 11 is 8.07. The zero-order valence-electron chi connectivity index (χ0n) is 13.5. The molecule has 0 bridgehead atoms. The second kappa shape index (κ2) is 7.72. The summed E-state index contributed by atoms with van der Waals surface area (Å²) in [4.78, 5) is 2.54. The maximum atomic E-state index is 13.8. The smallest absolute Gasteiger partial charge is 0.493 e. The van der Waals surface area contributed by atoms with Crippen LogP contribution in [0.2, 0.25) is 0 Å². The fourth-order valence-corrected chi connectivity index (χ4v) is 2.75. The highest BCUT2D eigenvalue weighted by molar-refractivity contribution is 9.10. The second-order valence-electron chi connectivity index (χ2n) is 5.33. The predicted molar refractivity (Wildman–Crippen MR) is 101 cm³/mol. The number of rotatable bonds is 3. The maximum absolute atomic E-state index is 13.8. The number of fused-ring (bicyclic) bond motifs is 1. The number of nitrogens with one attached hydrogen (secondary N) is 2. The average Bonchev–Trinajstić information content (AvgIpc) is 2.89. The number of hydrogen-bond acceptors (Lipinski definition) is 4. The van der Waals surface area contributed by atoms with Crippen LogP contribution in [0.15, 0.2) is 51.1 Å². The van der Waals surface area contributed by atoms with Gasteiger partial charge in [0.25, 0.3) is 0 Å². The first kappa shape index (κ1) is 20.0. The summed E-state index contributed by atoms with van der Waals surface area (Å²) in [6.45, 7) is 0. The topological polar surface area (TPSA) is 82.0 Å². The van der Waals surface area contributed by atoms with Gasteiger partial charge in [0.05, 0.1) is 11.2 Å². The number of ether oxygens (including phenoxy) is 1. The molecule has 3 rings (SSSR count). The van der Waals surface area contributed by atoms with Crippen molar-refractivity contribution in [2.75, 3.05) is 5.32 Å². The molecule has 0 fully saturated rings. The molecule has 12 heteroatoms. The quantitative estimate of drug-likeness (QED) is 0.240. The molecule has 3 N–H and O–H groups in total. The number of aromatic nitrogens is 1. The van der Waals surface area contributed by atoms with Crippen molar-refractivity contribution >= 4 is 55.5 Å². The highest BCUT2D eigenvalue weighted by atomic mass is 79.9. The van der Waals surface area contributed by atoms with E-state index < -0.39 is 23.8 Å². The lowest BCUT2D eigenvalue weighted by Crippen LogP contribution is -2.16. The maximum Gasteiger partial charge on any atom is 0.573 e. The monoisotopic (exact) mass is 476 g/mol. The van der Waals surface area contributed by atoms with E-state index in [1.54, 1.807) is 6.07 Å². The predicted octanol–water partition coefficient (Wildman–Crippen LogP) is 6.15. The van der Waals surface area contributed by atoms with E-state index in [9.17, 15) is 22.7 Å². The molecule has 2 aromatic carbocycles. The molecule has 3 aromatic rings. The molecular formula is C16H9BrF4N4O2S. The molecule has 0 saturated heterocycles. The van der Waals surface area contributed by atoms with Crippen molar-refractivity contribution in [3.8, 4) is 11.6 Å². The number of benzene rings is 2. The Labute approximate surface area is 168 Å². The van der Waals surface area contributed by atoms with Crippen molar-refractivity contribution in [1.29, 1.82) is 0 Å². The molecule has 0 amide bonds. The summed E-state index contributed by atoms with van der Waals surface area (Å²) < 4.78 is 55.3. The van der Waals surface area contributed by atoms with Crippen LogP contribution in [0.3, 0.4) is 0 Å². The zero-order valence-corrected chi connectivity index (χ0v) is 15.9. The first-order chi connectivity index (χ1) is 13.1. The minimum atomic E-state index is -4.87. The Morgan fingerprint density at radius 2 is 1.96 bits per heavy atom. The molecule has 0 aliphatic heterocycles. The number of halogens is 5. The fourth-order valence-electron chi connectivity index (χ4n) is 2.27. The van der Waals surface area contributed by atoms with E-state index in [1.165, 1.54) is 18.2 Å². The molecule has 0 aliphatic rings. The van der Waals surface area contributed by atoms with Crippen molar-refractivity contribution in [3.63, 3.8) is 0 Å². The van der Waals surface area contributed by atoms with Crippen LogP contribution in [0.25, 0.3) is 10.9 Å². The number of alkyl halides is 3. The van der Waals surface area contributed by atoms with Gasteiger partial charge in [-0.1, -0.05) is 15.9 Å². The molecule has 0 atom stereocenters. The number of thiocarbonyl (C=S) groups is 1. The molecule has 0 unspecified atom stereocenters. The summed E-state index contributed by atoms with van der Waals surface area (Å²) in [6.07, 6.45) is -4.87. The molecule has 1 aromatic heterocycles. The van der Waals surface area contributed by atoms with Gasteiger partial charge in [-0.3, -0.25) is 0 Å². The fraction of sp³-hybridized carbons (Fsp3) is 0.0625. The summed E-state index contributed by atoms with van der Waals surface area (Å²) in [7, 11) is 0. The Morgan fingerprint density at radius 1 is 1.21 bits per heavy atom. The largest absolute Gasteiger partial charge is 0.573 e. The molecular weight excluding hydrogens is 468 g/mol. The number of anilines is 1. The van der Waals surface area contributed by atoms with Crippen molar-refractivity contribution in [3.05, 3.63) is 46.7 Å². The zero-order chi connectivity index (χ0) is 20.5. The summed E-state index contributed by atoms with van der Waals surface area (Å²) in [5.74, 6) is -1.51. The summed E-state index contributed by atoms with van der Waals surface area (Å²) in [5.41, 5.74) is 0.207. The standard InChI is InChI=1S/C16H9BrF4N4O2S/c17-7-1-3-12(10(18)5-7)23-15(28)25-24-13-9-6-8(27-16(19,20)21)2-4-11(9)22-14(13)26/h1-6,22,26H,(H,23,28). The van der Waals surface area contributed by atoms with Crippen LogP contribution < -0.4 is 10.1 Å². The third kappa shape index (κ3) is 4.75. The van der Waals surface area contributed by atoms with Gasteiger partial charge in [0.15, 0.2) is 5.69 Å². The Kier molecular flexibility index (Phi) is 5.52. The van der Waals surface area contributed by atoms with Crippen LogP contribution in [-0.4, -0.2) is 21.6 Å². The molecule has 146 valence electrons. The van der Waals surface area contributed by atoms with Gasteiger partial charge < -0.3 is 20.1 Å². The van der Waals surface area contributed by atoms with E-state index in [4.69, 9.17) is 12.2 Å². The van der Waals surface area contributed by atoms with Crippen LogP contribution in [0, 0.1) is 5.82 Å². The highest BCUT2D eigenvalue weighted by Gasteiger charge is 2.31. The minimum absolute atomic E-state index is 0.0520. The molecule has 6 nitrogen and oxygen atoms in total. The van der Waals surface area contributed by atoms with Crippen LogP contribution in [-0.2, 0) is 0 Å². The summed E-state index contributed by atoms with van der Waals surface area (Å²) in [6, 6.07) is 7.62. The Bertz CT molecular complexity index is 1080. The molecule has 1 heterocycles. The highest BCUT2D eigenvalue weighted by Crippen LogP contribution is 2.38. The number of H-pyrrole nitrogens is 1. The number of nitrogens with zero attached hydrogens (tertiary/aromatic N) is 2. The van der Waals surface area contributed by atoms with Crippen molar-refractivity contribution in [2.45, 2.75) is 6.36 Å². The van der Waals surface area contributed by atoms with E-state index in [0.717, 1.165) is 12.1 Å². The lowest BCUT2D eigenvalue weighted by molar-refractivity contribution is -0.274. The number of hydrogen-bond donors (Lipinski definition) is 3. The Morgan fingerprint density at radius 3 is 2.64 bits per heavy atom. The lowest BCUT2D eigenvalue weighted by atomic mass is 10.2.